The lowest BCUT2D eigenvalue weighted by atomic mass is 10.0. The van der Waals surface area contributed by atoms with Crippen molar-refractivity contribution in [3.05, 3.63) is 230 Å². The lowest BCUT2D eigenvalue weighted by molar-refractivity contribution is 0.666. The number of nitrogens with zero attached hydrogens (tertiary/aromatic N) is 4. The van der Waals surface area contributed by atoms with Crippen molar-refractivity contribution < 1.29 is 4.42 Å². The molecule has 0 fully saturated rings. The Balaban J connectivity index is 0.948. The van der Waals surface area contributed by atoms with Crippen LogP contribution in [0.3, 0.4) is 0 Å². The number of para-hydroxylation sites is 4. The first kappa shape index (κ1) is 37.4. The maximum atomic E-state index is 6.53. The molecule has 5 nitrogen and oxygen atoms in total. The molecule has 12 aromatic rings. The van der Waals surface area contributed by atoms with E-state index in [9.17, 15) is 0 Å². The lowest BCUT2D eigenvalue weighted by Crippen LogP contribution is -2.19. The highest BCUT2D eigenvalue weighted by molar-refractivity contribution is 8.03. The zero-order chi connectivity index (χ0) is 43.2. The van der Waals surface area contributed by atoms with Gasteiger partial charge in [0.05, 0.1) is 33.4 Å². The highest BCUT2D eigenvalue weighted by atomic mass is 32.2. The molecule has 0 unspecified atom stereocenters. The highest BCUT2D eigenvalue weighted by Crippen LogP contribution is 2.49. The fraction of sp³-hybridized carbons (Fsp3) is 0.0169. The molecule has 0 saturated heterocycles. The molecule has 0 amide bonds. The second-order valence-corrected chi connectivity index (χ2v) is 17.8. The predicted octanol–water partition coefficient (Wildman–Crippen LogP) is 16.5. The Morgan fingerprint density at radius 3 is 2.03 bits per heavy atom. The van der Waals surface area contributed by atoms with E-state index in [2.05, 4.69) is 220 Å². The molecule has 8 aromatic carbocycles. The van der Waals surface area contributed by atoms with Crippen LogP contribution in [0.25, 0.3) is 93.7 Å². The van der Waals surface area contributed by atoms with Crippen LogP contribution in [0.5, 0.6) is 0 Å². The van der Waals surface area contributed by atoms with Crippen LogP contribution in [0.15, 0.2) is 239 Å². The molecule has 6 heteroatoms. The first-order valence-electron chi connectivity index (χ1n) is 21.9. The van der Waals surface area contributed by atoms with Crippen LogP contribution >= 0.6 is 11.8 Å². The lowest BCUT2D eigenvalue weighted by Gasteiger charge is -2.33. The molecule has 308 valence electrons. The van der Waals surface area contributed by atoms with Gasteiger partial charge in [0.25, 0.3) is 0 Å². The van der Waals surface area contributed by atoms with Gasteiger partial charge in [-0.15, -0.1) is 0 Å². The number of anilines is 2. The summed E-state index contributed by atoms with van der Waals surface area (Å²) in [6.45, 7) is 6.19. The third kappa shape index (κ3) is 5.88. The van der Waals surface area contributed by atoms with Crippen molar-refractivity contribution in [1.29, 1.82) is 0 Å². The number of allylic oxidation sites excluding steroid dienone is 4. The summed E-state index contributed by atoms with van der Waals surface area (Å²) in [4.78, 5) is 4.82. The minimum absolute atomic E-state index is 0.888. The SMILES string of the molecule is C=C/C=C\C1=C(C)N(c2cccc(-c3cccc(-n4c5ccccc5c5cc6ccn(-c7cccc8c7oc7ccccc78)c6cc54)c3)c2)c2cc3c(ccn3-c3ccccc3)cc2S1. The van der Waals surface area contributed by atoms with E-state index in [1.54, 1.807) is 0 Å². The van der Waals surface area contributed by atoms with Gasteiger partial charge >= 0.3 is 0 Å². The molecule has 0 N–H and O–H groups in total. The van der Waals surface area contributed by atoms with Crippen LogP contribution < -0.4 is 4.90 Å². The number of fused-ring (bicyclic) bond motifs is 9. The van der Waals surface area contributed by atoms with Gasteiger partial charge in [-0.2, -0.15) is 0 Å². The molecule has 1 aliphatic heterocycles. The molecule has 65 heavy (non-hydrogen) atoms. The Morgan fingerprint density at radius 1 is 0.508 bits per heavy atom. The maximum absolute atomic E-state index is 6.53. The van der Waals surface area contributed by atoms with Crippen LogP contribution in [0.1, 0.15) is 6.92 Å². The average Bonchev–Trinajstić information content (AvgIpc) is 4.14. The zero-order valence-electron chi connectivity index (χ0n) is 35.5. The van der Waals surface area contributed by atoms with E-state index >= 15 is 0 Å². The summed E-state index contributed by atoms with van der Waals surface area (Å²) in [7, 11) is 0. The highest BCUT2D eigenvalue weighted by Gasteiger charge is 2.26. The fourth-order valence-electron chi connectivity index (χ4n) is 10.0. The summed E-state index contributed by atoms with van der Waals surface area (Å²) in [6.07, 6.45) is 10.4. The second kappa shape index (κ2) is 14.7. The van der Waals surface area contributed by atoms with Crippen LogP contribution in [0.4, 0.5) is 11.4 Å². The van der Waals surface area contributed by atoms with E-state index in [4.69, 9.17) is 4.42 Å². The Bertz CT molecular complexity index is 3970. The number of furan rings is 1. The molecule has 1 aliphatic rings. The van der Waals surface area contributed by atoms with Gasteiger partial charge in [-0.3, -0.25) is 0 Å². The first-order chi connectivity index (χ1) is 32.1. The van der Waals surface area contributed by atoms with Gasteiger partial charge < -0.3 is 23.0 Å². The maximum Gasteiger partial charge on any atom is 0.159 e. The third-order valence-electron chi connectivity index (χ3n) is 13.0. The number of rotatable bonds is 7. The molecule has 4 aromatic heterocycles. The van der Waals surface area contributed by atoms with Crippen molar-refractivity contribution in [2.45, 2.75) is 11.8 Å². The van der Waals surface area contributed by atoms with Crippen molar-refractivity contribution in [3.63, 3.8) is 0 Å². The molecule has 0 radical (unpaired) electrons. The van der Waals surface area contributed by atoms with Gasteiger partial charge in [0, 0.05) is 77.3 Å². The Labute approximate surface area is 379 Å². The largest absolute Gasteiger partial charge is 0.454 e. The van der Waals surface area contributed by atoms with Gasteiger partial charge in [-0.05, 0) is 115 Å². The second-order valence-electron chi connectivity index (χ2n) is 16.7. The van der Waals surface area contributed by atoms with Gasteiger partial charge in [0.15, 0.2) is 5.58 Å². The van der Waals surface area contributed by atoms with E-state index in [0.717, 1.165) is 72.5 Å². The Hall–Kier alpha value is -8.19. The molecule has 0 aliphatic carbocycles. The van der Waals surface area contributed by atoms with Crippen LogP contribution in [0.2, 0.25) is 0 Å². The third-order valence-corrected chi connectivity index (χ3v) is 14.2. The van der Waals surface area contributed by atoms with E-state index < -0.39 is 0 Å². The number of benzene rings is 8. The summed E-state index contributed by atoms with van der Waals surface area (Å²) in [5, 5.41) is 7.07. The summed E-state index contributed by atoms with van der Waals surface area (Å²) < 4.78 is 13.5. The molecule has 0 atom stereocenters. The van der Waals surface area contributed by atoms with Gasteiger partial charge in [0.2, 0.25) is 0 Å². The van der Waals surface area contributed by atoms with Gasteiger partial charge in [-0.1, -0.05) is 121 Å². The molecule has 0 bridgehead atoms. The minimum atomic E-state index is 0.888. The van der Waals surface area contributed by atoms with Crippen LogP contribution in [-0.2, 0) is 0 Å². The van der Waals surface area contributed by atoms with Gasteiger partial charge in [0.1, 0.15) is 5.58 Å². The fourth-order valence-corrected chi connectivity index (χ4v) is 11.1. The van der Waals surface area contributed by atoms with Crippen molar-refractivity contribution in [2.75, 3.05) is 4.90 Å². The standard InChI is InChI=1S/C59H40N4OS/c1-3-4-27-57-38(2)62(55-37-52-42(35-58(55)65-57)28-30-60(52)43-17-6-5-7-18-43)44-19-12-15-39(32-44)40-16-13-20-45(33-40)63-50-24-10-8-21-46(50)49-34-41-29-31-61(53(41)36-54(49)63)51-25-14-23-48-47-22-9-11-26-56(47)64-59(48)51/h3-37H,1H2,2H3/b27-4-. The van der Waals surface area contributed by atoms with Crippen molar-refractivity contribution in [1.82, 2.24) is 13.7 Å². The molecule has 5 heterocycles. The van der Waals surface area contributed by atoms with E-state index in [1.807, 2.05) is 36.0 Å². The monoisotopic (exact) mass is 852 g/mol. The van der Waals surface area contributed by atoms with E-state index in [0.29, 0.717) is 0 Å². The van der Waals surface area contributed by atoms with Crippen molar-refractivity contribution >= 4 is 88.7 Å². The molecule has 13 rings (SSSR count). The number of thioether (sulfide) groups is 1. The van der Waals surface area contributed by atoms with E-state index in [1.165, 1.54) is 48.1 Å². The Kier molecular flexibility index (Phi) is 8.45. The normalized spacial score (nSPS) is 13.2. The Morgan fingerprint density at radius 2 is 1.18 bits per heavy atom. The number of hydrogen-bond acceptors (Lipinski definition) is 3. The minimum Gasteiger partial charge on any atom is -0.454 e. The quantitative estimate of drug-likeness (QED) is 0.150. The topological polar surface area (TPSA) is 31.2 Å². The summed E-state index contributed by atoms with van der Waals surface area (Å²) >= 11 is 1.81. The zero-order valence-corrected chi connectivity index (χ0v) is 36.3. The molecular formula is C59H40N4OS. The number of aromatic nitrogens is 3. The van der Waals surface area contributed by atoms with Crippen LogP contribution in [-0.4, -0.2) is 13.7 Å². The molecule has 0 saturated carbocycles. The summed E-state index contributed by atoms with van der Waals surface area (Å²) in [5.74, 6) is 0. The average molecular weight is 853 g/mol. The molecular weight excluding hydrogens is 813 g/mol. The first-order valence-corrected chi connectivity index (χ1v) is 22.8. The molecule has 0 spiro atoms. The summed E-state index contributed by atoms with van der Waals surface area (Å²) in [6, 6.07) is 65.8. The summed E-state index contributed by atoms with van der Waals surface area (Å²) in [5.41, 5.74) is 15.4. The van der Waals surface area contributed by atoms with Crippen LogP contribution in [0, 0.1) is 0 Å². The smallest absolute Gasteiger partial charge is 0.159 e. The van der Waals surface area contributed by atoms with Crippen molar-refractivity contribution in [2.24, 2.45) is 0 Å². The van der Waals surface area contributed by atoms with E-state index in [-0.39, 0.29) is 0 Å². The number of hydrogen-bond donors (Lipinski definition) is 0. The van der Waals surface area contributed by atoms with Gasteiger partial charge in [-0.25, -0.2) is 0 Å². The predicted molar refractivity (Wildman–Crippen MR) is 274 cm³/mol. The van der Waals surface area contributed by atoms with Crippen molar-refractivity contribution in [3.8, 4) is 28.2 Å².